The van der Waals surface area contributed by atoms with E-state index in [1.54, 1.807) is 12.1 Å². The summed E-state index contributed by atoms with van der Waals surface area (Å²) in [5.74, 6) is -0.381. The maximum atomic E-state index is 13.3. The van der Waals surface area contributed by atoms with E-state index >= 15 is 0 Å². The van der Waals surface area contributed by atoms with Gasteiger partial charge in [-0.25, -0.2) is 12.8 Å². The first kappa shape index (κ1) is 15.7. The van der Waals surface area contributed by atoms with E-state index in [1.807, 2.05) is 6.07 Å². The van der Waals surface area contributed by atoms with E-state index in [1.165, 1.54) is 40.7 Å². The third-order valence-corrected chi connectivity index (χ3v) is 5.68. The molecule has 0 aromatic heterocycles. The fourth-order valence-electron chi connectivity index (χ4n) is 2.42. The summed E-state index contributed by atoms with van der Waals surface area (Å²) in [7, 11) is -3.67. The zero-order valence-electron chi connectivity index (χ0n) is 12.3. The van der Waals surface area contributed by atoms with Crippen molar-refractivity contribution in [3.63, 3.8) is 0 Å². The molecule has 0 saturated heterocycles. The SMILES string of the molecule is N#Cc1ccc(S(=O)(=O)N(Cc2cccc(F)c2)C2CC2)cc1. The predicted octanol–water partition coefficient (Wildman–Crippen LogP) is 3.05. The average molecular weight is 330 g/mol. The van der Waals surface area contributed by atoms with Crippen molar-refractivity contribution in [2.45, 2.75) is 30.3 Å². The van der Waals surface area contributed by atoms with Crippen LogP contribution in [0.3, 0.4) is 0 Å². The molecule has 118 valence electrons. The van der Waals surface area contributed by atoms with Crippen molar-refractivity contribution >= 4 is 10.0 Å². The van der Waals surface area contributed by atoms with E-state index < -0.39 is 10.0 Å². The van der Waals surface area contributed by atoms with Gasteiger partial charge in [0.15, 0.2) is 0 Å². The van der Waals surface area contributed by atoms with Crippen LogP contribution < -0.4 is 0 Å². The van der Waals surface area contributed by atoms with Gasteiger partial charge < -0.3 is 0 Å². The minimum absolute atomic E-state index is 0.0427. The minimum atomic E-state index is -3.67. The van der Waals surface area contributed by atoms with Crippen LogP contribution in [0.2, 0.25) is 0 Å². The van der Waals surface area contributed by atoms with E-state index in [0.717, 1.165) is 12.8 Å². The maximum absolute atomic E-state index is 13.3. The Labute approximate surface area is 134 Å². The summed E-state index contributed by atoms with van der Waals surface area (Å²) in [5.41, 5.74) is 1.03. The quantitative estimate of drug-likeness (QED) is 0.846. The molecular weight excluding hydrogens is 315 g/mol. The minimum Gasteiger partial charge on any atom is -0.207 e. The smallest absolute Gasteiger partial charge is 0.207 e. The van der Waals surface area contributed by atoms with Gasteiger partial charge in [-0.1, -0.05) is 12.1 Å². The molecule has 0 aliphatic heterocycles. The molecule has 1 aliphatic rings. The second-order valence-electron chi connectivity index (χ2n) is 5.55. The number of nitrogens with zero attached hydrogens (tertiary/aromatic N) is 2. The fourth-order valence-corrected chi connectivity index (χ4v) is 4.10. The molecule has 1 saturated carbocycles. The van der Waals surface area contributed by atoms with Gasteiger partial charge in [0.25, 0.3) is 0 Å². The van der Waals surface area contributed by atoms with E-state index in [9.17, 15) is 12.8 Å². The van der Waals surface area contributed by atoms with Gasteiger partial charge in [0.1, 0.15) is 5.82 Å². The average Bonchev–Trinajstić information content (AvgIpc) is 3.37. The summed E-state index contributed by atoms with van der Waals surface area (Å²) < 4.78 is 40.5. The first-order valence-corrected chi connectivity index (χ1v) is 8.71. The number of hydrogen-bond acceptors (Lipinski definition) is 3. The molecule has 23 heavy (non-hydrogen) atoms. The van der Waals surface area contributed by atoms with Crippen LogP contribution in [-0.4, -0.2) is 18.8 Å². The summed E-state index contributed by atoms with van der Waals surface area (Å²) in [6.45, 7) is 0.144. The molecular formula is C17H15FN2O2S. The zero-order valence-corrected chi connectivity index (χ0v) is 13.1. The van der Waals surface area contributed by atoms with Gasteiger partial charge in [0, 0.05) is 12.6 Å². The molecule has 6 heteroatoms. The van der Waals surface area contributed by atoms with Crippen molar-refractivity contribution < 1.29 is 12.8 Å². The first-order valence-electron chi connectivity index (χ1n) is 7.27. The monoisotopic (exact) mass is 330 g/mol. The Morgan fingerprint density at radius 3 is 2.43 bits per heavy atom. The van der Waals surface area contributed by atoms with Crippen LogP contribution in [0.4, 0.5) is 4.39 Å². The first-order chi connectivity index (χ1) is 11.0. The summed E-state index contributed by atoms with van der Waals surface area (Å²) in [6, 6.07) is 13.7. The summed E-state index contributed by atoms with van der Waals surface area (Å²) in [5, 5.41) is 8.81. The number of halogens is 1. The van der Waals surface area contributed by atoms with Gasteiger partial charge in [0.05, 0.1) is 16.5 Å². The normalized spacial score (nSPS) is 14.7. The van der Waals surface area contributed by atoms with Crippen molar-refractivity contribution in [2.75, 3.05) is 0 Å². The molecule has 0 N–H and O–H groups in total. The van der Waals surface area contributed by atoms with Crippen molar-refractivity contribution in [2.24, 2.45) is 0 Å². The maximum Gasteiger partial charge on any atom is 0.243 e. The highest BCUT2D eigenvalue weighted by atomic mass is 32.2. The lowest BCUT2D eigenvalue weighted by Gasteiger charge is -2.22. The van der Waals surface area contributed by atoms with Gasteiger partial charge in [-0.15, -0.1) is 0 Å². The zero-order chi connectivity index (χ0) is 16.4. The molecule has 0 atom stereocenters. The lowest BCUT2D eigenvalue weighted by Crippen LogP contribution is -2.32. The van der Waals surface area contributed by atoms with E-state index in [2.05, 4.69) is 0 Å². The molecule has 3 rings (SSSR count). The Hall–Kier alpha value is -2.23. The topological polar surface area (TPSA) is 61.2 Å². The number of sulfonamides is 1. The molecule has 0 bridgehead atoms. The summed E-state index contributed by atoms with van der Waals surface area (Å²) in [4.78, 5) is 0.153. The third-order valence-electron chi connectivity index (χ3n) is 3.77. The molecule has 1 aliphatic carbocycles. The number of rotatable bonds is 5. The number of hydrogen-bond donors (Lipinski definition) is 0. The Morgan fingerprint density at radius 1 is 1.17 bits per heavy atom. The Kier molecular flexibility index (Phi) is 4.16. The molecule has 0 amide bonds. The Bertz CT molecular complexity index is 853. The molecule has 0 unspecified atom stereocenters. The van der Waals surface area contributed by atoms with Crippen LogP contribution >= 0.6 is 0 Å². The van der Waals surface area contributed by atoms with Gasteiger partial charge >= 0.3 is 0 Å². The standard InChI is InChI=1S/C17H15FN2O2S/c18-15-3-1-2-14(10-15)12-20(16-6-7-16)23(21,22)17-8-4-13(11-19)5-9-17/h1-5,8-10,16H,6-7,12H2. The highest BCUT2D eigenvalue weighted by molar-refractivity contribution is 7.89. The second kappa shape index (κ2) is 6.11. The summed E-state index contributed by atoms with van der Waals surface area (Å²) in [6.07, 6.45) is 1.62. The molecule has 1 fully saturated rings. The summed E-state index contributed by atoms with van der Waals surface area (Å²) >= 11 is 0. The highest BCUT2D eigenvalue weighted by Crippen LogP contribution is 2.33. The highest BCUT2D eigenvalue weighted by Gasteiger charge is 2.38. The van der Waals surface area contributed by atoms with Crippen molar-refractivity contribution in [3.05, 3.63) is 65.5 Å². The lowest BCUT2D eigenvalue weighted by molar-refractivity contribution is 0.398. The lowest BCUT2D eigenvalue weighted by atomic mass is 10.2. The van der Waals surface area contributed by atoms with Crippen molar-refractivity contribution in [1.82, 2.24) is 4.31 Å². The van der Waals surface area contributed by atoms with Gasteiger partial charge in [-0.3, -0.25) is 0 Å². The van der Waals surface area contributed by atoms with Crippen LogP contribution in [0.1, 0.15) is 24.0 Å². The predicted molar refractivity (Wildman–Crippen MR) is 83.3 cm³/mol. The molecule has 0 spiro atoms. The van der Waals surface area contributed by atoms with Crippen LogP contribution in [0.15, 0.2) is 53.4 Å². The van der Waals surface area contributed by atoms with Crippen LogP contribution in [0.25, 0.3) is 0 Å². The van der Waals surface area contributed by atoms with Crippen molar-refractivity contribution in [1.29, 1.82) is 5.26 Å². The van der Waals surface area contributed by atoms with Crippen LogP contribution in [-0.2, 0) is 16.6 Å². The van der Waals surface area contributed by atoms with Gasteiger partial charge in [-0.05, 0) is 54.8 Å². The third kappa shape index (κ3) is 3.41. The second-order valence-corrected chi connectivity index (χ2v) is 7.44. The van der Waals surface area contributed by atoms with E-state index in [4.69, 9.17) is 5.26 Å². The van der Waals surface area contributed by atoms with Crippen LogP contribution in [0, 0.1) is 17.1 Å². The number of benzene rings is 2. The van der Waals surface area contributed by atoms with Crippen molar-refractivity contribution in [3.8, 4) is 6.07 Å². The number of nitriles is 1. The fraction of sp³-hybridized carbons (Fsp3) is 0.235. The van der Waals surface area contributed by atoms with E-state index in [0.29, 0.717) is 11.1 Å². The molecule has 4 nitrogen and oxygen atoms in total. The van der Waals surface area contributed by atoms with Gasteiger partial charge in [0.2, 0.25) is 10.0 Å². The van der Waals surface area contributed by atoms with E-state index in [-0.39, 0.29) is 23.3 Å². The van der Waals surface area contributed by atoms with Crippen LogP contribution in [0.5, 0.6) is 0 Å². The van der Waals surface area contributed by atoms with Gasteiger partial charge in [-0.2, -0.15) is 9.57 Å². The molecule has 2 aromatic carbocycles. The Morgan fingerprint density at radius 2 is 1.87 bits per heavy atom. The Balaban J connectivity index is 1.91. The molecule has 2 aromatic rings. The largest absolute Gasteiger partial charge is 0.243 e. The molecule has 0 radical (unpaired) electrons. The molecule has 0 heterocycles.